The standard InChI is InChI=1S/C10H13ClN6S/c1-3-4-12-8-14-7(11)15-9(16-8)18-10-13-5-6-17(10)2/h5-6H,3-4H2,1-2H3,(H,12,14,15,16). The molecular formula is C10H13ClN6S. The summed E-state index contributed by atoms with van der Waals surface area (Å²) in [7, 11) is 1.91. The molecule has 96 valence electrons. The number of imidazole rings is 1. The molecule has 0 aliphatic rings. The second kappa shape index (κ2) is 6.01. The van der Waals surface area contributed by atoms with E-state index in [-0.39, 0.29) is 5.28 Å². The van der Waals surface area contributed by atoms with Crippen LogP contribution >= 0.6 is 23.4 Å². The topological polar surface area (TPSA) is 68.5 Å². The number of halogens is 1. The van der Waals surface area contributed by atoms with Crippen LogP contribution in [0.1, 0.15) is 13.3 Å². The van der Waals surface area contributed by atoms with Crippen LogP contribution < -0.4 is 5.32 Å². The monoisotopic (exact) mass is 284 g/mol. The molecule has 2 heterocycles. The molecule has 1 N–H and O–H groups in total. The minimum Gasteiger partial charge on any atom is -0.354 e. The third-order valence-corrected chi connectivity index (χ3v) is 3.19. The number of nitrogens with zero attached hydrogens (tertiary/aromatic N) is 5. The highest BCUT2D eigenvalue weighted by Gasteiger charge is 2.09. The molecule has 0 fully saturated rings. The average Bonchev–Trinajstić information content (AvgIpc) is 2.72. The van der Waals surface area contributed by atoms with Crippen molar-refractivity contribution < 1.29 is 0 Å². The Hall–Kier alpha value is -1.34. The van der Waals surface area contributed by atoms with Crippen LogP contribution in [-0.2, 0) is 7.05 Å². The van der Waals surface area contributed by atoms with Crippen LogP contribution in [-0.4, -0.2) is 31.0 Å². The van der Waals surface area contributed by atoms with Crippen LogP contribution in [0.2, 0.25) is 5.28 Å². The van der Waals surface area contributed by atoms with Crippen LogP contribution in [0.15, 0.2) is 22.7 Å². The van der Waals surface area contributed by atoms with Gasteiger partial charge in [0, 0.05) is 26.0 Å². The van der Waals surface area contributed by atoms with Crippen molar-refractivity contribution in [2.45, 2.75) is 23.7 Å². The second-order valence-corrected chi connectivity index (χ2v) is 4.83. The molecule has 0 radical (unpaired) electrons. The summed E-state index contributed by atoms with van der Waals surface area (Å²) in [6, 6.07) is 0. The fraction of sp³-hybridized carbons (Fsp3) is 0.400. The molecule has 2 aromatic rings. The Balaban J connectivity index is 2.17. The van der Waals surface area contributed by atoms with Gasteiger partial charge >= 0.3 is 0 Å². The number of nitrogens with one attached hydrogen (secondary N) is 1. The van der Waals surface area contributed by atoms with Crippen LogP contribution in [0.4, 0.5) is 5.95 Å². The van der Waals surface area contributed by atoms with E-state index in [1.165, 1.54) is 11.8 Å². The van der Waals surface area contributed by atoms with Gasteiger partial charge in [-0.15, -0.1) is 0 Å². The first-order valence-electron chi connectivity index (χ1n) is 5.49. The van der Waals surface area contributed by atoms with Gasteiger partial charge in [0.05, 0.1) is 0 Å². The van der Waals surface area contributed by atoms with Crippen molar-refractivity contribution in [3.8, 4) is 0 Å². The second-order valence-electron chi connectivity index (χ2n) is 3.56. The first kappa shape index (κ1) is 13.1. The minimum atomic E-state index is 0.181. The first-order valence-corrected chi connectivity index (χ1v) is 6.69. The third kappa shape index (κ3) is 3.33. The fourth-order valence-electron chi connectivity index (χ4n) is 1.23. The predicted molar refractivity (Wildman–Crippen MR) is 70.9 cm³/mol. The highest BCUT2D eigenvalue weighted by Crippen LogP contribution is 2.23. The molecule has 6 nitrogen and oxygen atoms in total. The minimum absolute atomic E-state index is 0.181. The van der Waals surface area contributed by atoms with E-state index in [2.05, 4.69) is 32.2 Å². The number of anilines is 1. The van der Waals surface area contributed by atoms with E-state index in [1.807, 2.05) is 17.8 Å². The van der Waals surface area contributed by atoms with Gasteiger partial charge in [-0.3, -0.25) is 0 Å². The Kier molecular flexibility index (Phi) is 4.38. The zero-order valence-corrected chi connectivity index (χ0v) is 11.7. The van der Waals surface area contributed by atoms with Crippen molar-refractivity contribution in [2.24, 2.45) is 7.05 Å². The molecule has 8 heteroatoms. The summed E-state index contributed by atoms with van der Waals surface area (Å²) in [5, 5.41) is 4.60. The van der Waals surface area contributed by atoms with E-state index in [9.17, 15) is 0 Å². The van der Waals surface area contributed by atoms with Gasteiger partial charge in [0.2, 0.25) is 16.4 Å². The van der Waals surface area contributed by atoms with Gasteiger partial charge < -0.3 is 9.88 Å². The van der Waals surface area contributed by atoms with Crippen molar-refractivity contribution in [1.29, 1.82) is 0 Å². The highest BCUT2D eigenvalue weighted by atomic mass is 35.5. The molecule has 2 aromatic heterocycles. The lowest BCUT2D eigenvalue weighted by Gasteiger charge is -2.05. The highest BCUT2D eigenvalue weighted by molar-refractivity contribution is 7.99. The molecule has 0 amide bonds. The van der Waals surface area contributed by atoms with Crippen molar-refractivity contribution >= 4 is 29.3 Å². The Morgan fingerprint density at radius 2 is 2.22 bits per heavy atom. The van der Waals surface area contributed by atoms with Crippen molar-refractivity contribution in [3.63, 3.8) is 0 Å². The maximum Gasteiger partial charge on any atom is 0.228 e. The Bertz CT molecular complexity index is 529. The zero-order valence-electron chi connectivity index (χ0n) is 10.1. The van der Waals surface area contributed by atoms with E-state index in [1.54, 1.807) is 6.20 Å². The SMILES string of the molecule is CCCNc1nc(Cl)nc(Sc2nccn2C)n1. The molecule has 0 bridgehead atoms. The number of rotatable bonds is 5. The Morgan fingerprint density at radius 1 is 1.39 bits per heavy atom. The summed E-state index contributed by atoms with van der Waals surface area (Å²) in [5.74, 6) is 0.494. The average molecular weight is 285 g/mol. The molecular weight excluding hydrogens is 272 g/mol. The summed E-state index contributed by atoms with van der Waals surface area (Å²) in [6.45, 7) is 2.87. The molecule has 0 saturated carbocycles. The number of hydrogen-bond acceptors (Lipinski definition) is 6. The lowest BCUT2D eigenvalue weighted by atomic mass is 10.5. The van der Waals surface area contributed by atoms with Gasteiger partial charge in [-0.05, 0) is 29.8 Å². The molecule has 2 rings (SSSR count). The summed E-state index contributed by atoms with van der Waals surface area (Å²) in [5.41, 5.74) is 0. The number of aryl methyl sites for hydroxylation is 1. The lowest BCUT2D eigenvalue weighted by molar-refractivity contribution is 0.783. The summed E-state index contributed by atoms with van der Waals surface area (Å²) in [4.78, 5) is 16.6. The summed E-state index contributed by atoms with van der Waals surface area (Å²) < 4.78 is 1.89. The van der Waals surface area contributed by atoms with Crippen molar-refractivity contribution in [1.82, 2.24) is 24.5 Å². The van der Waals surface area contributed by atoms with E-state index < -0.39 is 0 Å². The number of hydrogen-bond donors (Lipinski definition) is 1. The van der Waals surface area contributed by atoms with E-state index in [0.29, 0.717) is 11.1 Å². The normalized spacial score (nSPS) is 10.6. The van der Waals surface area contributed by atoms with E-state index in [4.69, 9.17) is 11.6 Å². The van der Waals surface area contributed by atoms with Crippen molar-refractivity contribution in [2.75, 3.05) is 11.9 Å². The molecule has 0 atom stereocenters. The van der Waals surface area contributed by atoms with Crippen LogP contribution in [0.5, 0.6) is 0 Å². The van der Waals surface area contributed by atoms with Crippen molar-refractivity contribution in [3.05, 3.63) is 17.7 Å². The molecule has 0 aromatic carbocycles. The smallest absolute Gasteiger partial charge is 0.228 e. The molecule has 0 unspecified atom stereocenters. The molecule has 0 aliphatic carbocycles. The fourth-order valence-corrected chi connectivity index (χ4v) is 2.18. The van der Waals surface area contributed by atoms with Gasteiger partial charge in [0.15, 0.2) is 5.16 Å². The van der Waals surface area contributed by atoms with Crippen LogP contribution in [0.3, 0.4) is 0 Å². The summed E-state index contributed by atoms with van der Waals surface area (Å²) >= 11 is 7.21. The van der Waals surface area contributed by atoms with E-state index >= 15 is 0 Å². The molecule has 0 aliphatic heterocycles. The Morgan fingerprint density at radius 3 is 2.89 bits per heavy atom. The van der Waals surface area contributed by atoms with Crippen LogP contribution in [0, 0.1) is 0 Å². The zero-order chi connectivity index (χ0) is 13.0. The van der Waals surface area contributed by atoms with Gasteiger partial charge in [-0.25, -0.2) is 4.98 Å². The third-order valence-electron chi connectivity index (χ3n) is 2.08. The quantitative estimate of drug-likeness (QED) is 0.908. The molecule has 0 spiro atoms. The van der Waals surface area contributed by atoms with Gasteiger partial charge in [-0.2, -0.15) is 15.0 Å². The maximum atomic E-state index is 5.87. The van der Waals surface area contributed by atoms with Gasteiger partial charge in [0.25, 0.3) is 0 Å². The largest absolute Gasteiger partial charge is 0.354 e. The summed E-state index contributed by atoms with van der Waals surface area (Å²) in [6.07, 6.45) is 4.58. The predicted octanol–water partition coefficient (Wildman–Crippen LogP) is 2.23. The van der Waals surface area contributed by atoms with Gasteiger partial charge in [-0.1, -0.05) is 6.92 Å². The molecule has 0 saturated heterocycles. The molecule has 18 heavy (non-hydrogen) atoms. The van der Waals surface area contributed by atoms with Gasteiger partial charge in [0.1, 0.15) is 0 Å². The number of aromatic nitrogens is 5. The maximum absolute atomic E-state index is 5.87. The van der Waals surface area contributed by atoms with E-state index in [0.717, 1.165) is 18.1 Å². The van der Waals surface area contributed by atoms with Crippen LogP contribution in [0.25, 0.3) is 0 Å². The lowest BCUT2D eigenvalue weighted by Crippen LogP contribution is -2.06. The first-order chi connectivity index (χ1) is 8.69. The Labute approximate surface area is 114 Å².